The average molecular weight is 222 g/mol. The third-order valence-electron chi connectivity index (χ3n) is 2.18. The molecule has 0 unspecified atom stereocenters. The second-order valence-electron chi connectivity index (χ2n) is 2.99. The molecule has 0 saturated carbocycles. The maximum Gasteiger partial charge on any atom is 0.142 e. The van der Waals surface area contributed by atoms with Gasteiger partial charge in [-0.2, -0.15) is 0 Å². The van der Waals surface area contributed by atoms with E-state index in [2.05, 4.69) is 5.32 Å². The molecule has 16 heavy (non-hydrogen) atoms. The molecule has 1 rings (SSSR count). The minimum absolute atomic E-state index is 0.723. The Bertz CT molecular complexity index is 374. The Labute approximate surface area is 95.8 Å². The second kappa shape index (κ2) is 7.48. The SMILES string of the molecule is CNc1ccc(/C=C/C=O)c(C)c1N.CO. The third-order valence-corrected chi connectivity index (χ3v) is 2.18. The van der Waals surface area contributed by atoms with Crippen LogP contribution in [0.25, 0.3) is 6.08 Å². The highest BCUT2D eigenvalue weighted by molar-refractivity contribution is 5.79. The van der Waals surface area contributed by atoms with Crippen molar-refractivity contribution in [2.45, 2.75) is 6.92 Å². The topological polar surface area (TPSA) is 75.4 Å². The lowest BCUT2D eigenvalue weighted by molar-refractivity contribution is -0.104. The summed E-state index contributed by atoms with van der Waals surface area (Å²) in [5.74, 6) is 0. The van der Waals surface area contributed by atoms with Crippen molar-refractivity contribution in [2.75, 3.05) is 25.2 Å². The molecule has 1 aromatic rings. The van der Waals surface area contributed by atoms with E-state index in [1.54, 1.807) is 6.08 Å². The molecule has 0 aliphatic heterocycles. The molecule has 0 aliphatic carbocycles. The minimum atomic E-state index is 0.723. The standard InChI is InChI=1S/C11H14N2O.CH4O/c1-8-9(4-3-7-14)5-6-10(13-2)11(8)12;1-2/h3-7,13H,12H2,1-2H3;2H,1H3/b4-3+;. The number of nitrogens with one attached hydrogen (secondary N) is 1. The molecule has 0 heterocycles. The number of aldehydes is 1. The zero-order valence-electron chi connectivity index (χ0n) is 9.82. The van der Waals surface area contributed by atoms with Gasteiger partial charge in [0.1, 0.15) is 6.29 Å². The van der Waals surface area contributed by atoms with Gasteiger partial charge in [-0.1, -0.05) is 12.1 Å². The first kappa shape index (κ1) is 14.2. The van der Waals surface area contributed by atoms with Crippen molar-refractivity contribution in [1.29, 1.82) is 0 Å². The van der Waals surface area contributed by atoms with E-state index in [0.717, 1.165) is 35.9 Å². The van der Waals surface area contributed by atoms with Crippen molar-refractivity contribution in [3.05, 3.63) is 29.3 Å². The van der Waals surface area contributed by atoms with Gasteiger partial charge in [-0.25, -0.2) is 0 Å². The number of rotatable bonds is 3. The van der Waals surface area contributed by atoms with Crippen LogP contribution in [-0.4, -0.2) is 25.6 Å². The summed E-state index contributed by atoms with van der Waals surface area (Å²) >= 11 is 0. The number of hydrogen-bond acceptors (Lipinski definition) is 4. The molecule has 0 aromatic heterocycles. The fourth-order valence-corrected chi connectivity index (χ4v) is 1.29. The predicted octanol–water partition coefficient (Wildman–Crippen LogP) is 1.44. The number of benzene rings is 1. The first-order valence-electron chi connectivity index (χ1n) is 4.84. The van der Waals surface area contributed by atoms with E-state index >= 15 is 0 Å². The van der Waals surface area contributed by atoms with Gasteiger partial charge in [0, 0.05) is 14.2 Å². The summed E-state index contributed by atoms with van der Waals surface area (Å²) in [4.78, 5) is 10.2. The fraction of sp³-hybridized carbons (Fsp3) is 0.250. The Morgan fingerprint density at radius 3 is 2.50 bits per heavy atom. The van der Waals surface area contributed by atoms with E-state index in [4.69, 9.17) is 10.8 Å². The van der Waals surface area contributed by atoms with Gasteiger partial charge in [0.2, 0.25) is 0 Å². The molecule has 0 amide bonds. The Hall–Kier alpha value is -1.81. The lowest BCUT2D eigenvalue weighted by Gasteiger charge is -2.10. The van der Waals surface area contributed by atoms with Crippen molar-refractivity contribution in [3.63, 3.8) is 0 Å². The summed E-state index contributed by atoms with van der Waals surface area (Å²) in [5, 5.41) is 10.0. The number of nitrogens with two attached hydrogens (primary N) is 1. The van der Waals surface area contributed by atoms with Crippen molar-refractivity contribution >= 4 is 23.7 Å². The molecule has 0 spiro atoms. The van der Waals surface area contributed by atoms with Gasteiger partial charge < -0.3 is 16.2 Å². The number of hydrogen-bond donors (Lipinski definition) is 3. The van der Waals surface area contributed by atoms with Crippen LogP contribution in [0.1, 0.15) is 11.1 Å². The van der Waals surface area contributed by atoms with Gasteiger partial charge in [0.15, 0.2) is 0 Å². The highest BCUT2D eigenvalue weighted by Crippen LogP contribution is 2.25. The van der Waals surface area contributed by atoms with Gasteiger partial charge in [-0.05, 0) is 30.2 Å². The molecule has 0 saturated heterocycles. The van der Waals surface area contributed by atoms with Crippen molar-refractivity contribution < 1.29 is 9.90 Å². The van der Waals surface area contributed by atoms with Crippen LogP contribution in [-0.2, 0) is 4.79 Å². The van der Waals surface area contributed by atoms with Gasteiger partial charge in [0.05, 0.1) is 11.4 Å². The molecule has 0 bridgehead atoms. The number of nitrogen functional groups attached to an aromatic ring is 1. The lowest BCUT2D eigenvalue weighted by atomic mass is 10.1. The molecule has 0 radical (unpaired) electrons. The highest BCUT2D eigenvalue weighted by Gasteiger charge is 2.03. The summed E-state index contributed by atoms with van der Waals surface area (Å²) in [6, 6.07) is 3.82. The van der Waals surface area contributed by atoms with E-state index in [1.165, 1.54) is 6.08 Å². The quantitative estimate of drug-likeness (QED) is 0.411. The minimum Gasteiger partial charge on any atom is -0.400 e. The fourth-order valence-electron chi connectivity index (χ4n) is 1.29. The Balaban J connectivity index is 0.00000106. The lowest BCUT2D eigenvalue weighted by Crippen LogP contribution is -1.99. The zero-order valence-corrected chi connectivity index (χ0v) is 9.82. The Kier molecular flexibility index (Phi) is 6.63. The largest absolute Gasteiger partial charge is 0.400 e. The monoisotopic (exact) mass is 222 g/mol. The van der Waals surface area contributed by atoms with Crippen LogP contribution in [0.3, 0.4) is 0 Å². The van der Waals surface area contributed by atoms with E-state index in [0.29, 0.717) is 0 Å². The van der Waals surface area contributed by atoms with E-state index in [9.17, 15) is 4.79 Å². The zero-order chi connectivity index (χ0) is 12.6. The van der Waals surface area contributed by atoms with E-state index in [1.807, 2.05) is 26.1 Å². The number of aliphatic hydroxyl groups is 1. The third kappa shape index (κ3) is 3.40. The maximum atomic E-state index is 10.2. The van der Waals surface area contributed by atoms with Crippen LogP contribution >= 0.6 is 0 Å². The average Bonchev–Trinajstić information content (AvgIpc) is 2.34. The first-order valence-corrected chi connectivity index (χ1v) is 4.84. The normalized spacial score (nSPS) is 9.50. The number of allylic oxidation sites excluding steroid dienone is 1. The van der Waals surface area contributed by atoms with Crippen LogP contribution in [0.4, 0.5) is 11.4 Å². The van der Waals surface area contributed by atoms with Crippen molar-refractivity contribution in [1.82, 2.24) is 0 Å². The summed E-state index contributed by atoms with van der Waals surface area (Å²) in [6.07, 6.45) is 3.96. The highest BCUT2D eigenvalue weighted by atomic mass is 16.2. The molecule has 0 aliphatic rings. The van der Waals surface area contributed by atoms with Crippen LogP contribution < -0.4 is 11.1 Å². The summed E-state index contributed by atoms with van der Waals surface area (Å²) in [5.41, 5.74) is 9.46. The van der Waals surface area contributed by atoms with Crippen molar-refractivity contribution in [3.8, 4) is 0 Å². The van der Waals surface area contributed by atoms with Gasteiger partial charge in [-0.3, -0.25) is 4.79 Å². The summed E-state index contributed by atoms with van der Waals surface area (Å²) in [6.45, 7) is 1.93. The molecule has 0 atom stereocenters. The van der Waals surface area contributed by atoms with Crippen molar-refractivity contribution in [2.24, 2.45) is 0 Å². The molecule has 4 nitrogen and oxygen atoms in total. The number of aliphatic hydroxyl groups excluding tert-OH is 1. The Morgan fingerprint density at radius 2 is 2.00 bits per heavy atom. The van der Waals surface area contributed by atoms with Gasteiger partial charge in [0.25, 0.3) is 0 Å². The molecular formula is C12H18N2O2. The summed E-state index contributed by atoms with van der Waals surface area (Å²) in [7, 11) is 2.83. The molecule has 4 N–H and O–H groups in total. The molecule has 88 valence electrons. The van der Waals surface area contributed by atoms with Crippen LogP contribution in [0.15, 0.2) is 18.2 Å². The Morgan fingerprint density at radius 1 is 1.38 bits per heavy atom. The van der Waals surface area contributed by atoms with E-state index in [-0.39, 0.29) is 0 Å². The summed E-state index contributed by atoms with van der Waals surface area (Å²) < 4.78 is 0. The van der Waals surface area contributed by atoms with Crippen LogP contribution in [0, 0.1) is 6.92 Å². The predicted molar refractivity (Wildman–Crippen MR) is 68.4 cm³/mol. The molecular weight excluding hydrogens is 204 g/mol. The second-order valence-corrected chi connectivity index (χ2v) is 2.99. The van der Waals surface area contributed by atoms with Crippen LogP contribution in [0.2, 0.25) is 0 Å². The van der Waals surface area contributed by atoms with Gasteiger partial charge in [-0.15, -0.1) is 0 Å². The molecule has 4 heteroatoms. The number of carbonyl (C=O) groups excluding carboxylic acids is 1. The molecule has 0 fully saturated rings. The maximum absolute atomic E-state index is 10.2. The van der Waals surface area contributed by atoms with Crippen LogP contribution in [0.5, 0.6) is 0 Å². The van der Waals surface area contributed by atoms with Gasteiger partial charge >= 0.3 is 0 Å². The first-order chi connectivity index (χ1) is 7.70. The number of anilines is 2. The van der Waals surface area contributed by atoms with E-state index < -0.39 is 0 Å². The smallest absolute Gasteiger partial charge is 0.142 e. The molecule has 1 aromatic carbocycles. The number of carbonyl (C=O) groups is 1.